The highest BCUT2D eigenvalue weighted by molar-refractivity contribution is 6.02. The highest BCUT2D eigenvalue weighted by Gasteiger charge is 2.32. The van der Waals surface area contributed by atoms with Crippen LogP contribution in [-0.4, -0.2) is 32.1 Å². The van der Waals surface area contributed by atoms with Gasteiger partial charge in [-0.1, -0.05) is 30.3 Å². The zero-order valence-electron chi connectivity index (χ0n) is 16.8. The van der Waals surface area contributed by atoms with Crippen molar-refractivity contribution in [3.8, 4) is 11.1 Å². The van der Waals surface area contributed by atoms with Crippen LogP contribution in [0.25, 0.3) is 22.2 Å². The molecule has 0 aliphatic carbocycles. The minimum Gasteiger partial charge on any atom is -0.383 e. The number of amides is 1. The highest BCUT2D eigenvalue weighted by Crippen LogP contribution is 2.40. The molecule has 2 aromatic carbocycles. The Balaban J connectivity index is 1.55. The number of fused-ring (bicyclic) bond motifs is 2. The topological polar surface area (TPSA) is 97.3 Å². The fourth-order valence-electron chi connectivity index (χ4n) is 4.25. The second-order valence-corrected chi connectivity index (χ2v) is 7.59. The first-order valence-electron chi connectivity index (χ1n) is 9.89. The van der Waals surface area contributed by atoms with Crippen LogP contribution < -0.4 is 10.6 Å². The Morgan fingerprint density at radius 2 is 1.94 bits per heavy atom. The number of halogens is 1. The number of benzene rings is 2. The van der Waals surface area contributed by atoms with E-state index in [2.05, 4.69) is 9.97 Å². The van der Waals surface area contributed by atoms with Crippen molar-refractivity contribution in [2.24, 2.45) is 7.05 Å². The van der Waals surface area contributed by atoms with E-state index in [0.717, 1.165) is 0 Å². The molecule has 0 fully saturated rings. The average Bonchev–Trinajstić information content (AvgIpc) is 3.36. The number of hydrogen-bond acceptors (Lipinski definition) is 5. The van der Waals surface area contributed by atoms with E-state index in [1.807, 2.05) is 13.1 Å². The third-order valence-corrected chi connectivity index (χ3v) is 5.78. The Bertz CT molecular complexity index is 1320. The average molecular weight is 417 g/mol. The zero-order chi connectivity index (χ0) is 21.7. The molecule has 156 valence electrons. The number of carbonyl (C=O) groups excluding carboxylic acids is 1. The monoisotopic (exact) mass is 417 g/mol. The first-order chi connectivity index (χ1) is 15.0. The normalized spacial score (nSPS) is 14.1. The van der Waals surface area contributed by atoms with Crippen LogP contribution in [0.4, 0.5) is 15.9 Å². The highest BCUT2D eigenvalue weighted by atomic mass is 19.1. The van der Waals surface area contributed by atoms with Gasteiger partial charge in [-0.3, -0.25) is 4.79 Å². The fraction of sp³-hybridized carbons (Fsp3) is 0.174. The Hall–Kier alpha value is -3.78. The number of rotatable bonds is 3. The molecule has 3 heterocycles. The summed E-state index contributed by atoms with van der Waals surface area (Å²) in [7, 11) is 1.81. The molecule has 1 amide bonds. The summed E-state index contributed by atoms with van der Waals surface area (Å²) in [4.78, 5) is 22.6. The first-order valence-corrected chi connectivity index (χ1v) is 9.89. The summed E-state index contributed by atoms with van der Waals surface area (Å²) in [6.45, 7) is 0.305. The van der Waals surface area contributed by atoms with E-state index < -0.39 is 17.8 Å². The standard InChI is InChI=1S/C23H20FN5O2/c1-28-11-16(18-21(25)26-12-27-22(18)28)14-7-8-17-15(19(14)24)9-10-29(17)23(31)20(30)13-5-3-2-4-6-13/h2-8,11-12,20,30H,9-10H2,1H3,(H2,25,26,27). The summed E-state index contributed by atoms with van der Waals surface area (Å²) in [6.07, 6.45) is 2.21. The maximum atomic E-state index is 15.6. The predicted molar refractivity (Wildman–Crippen MR) is 116 cm³/mol. The third kappa shape index (κ3) is 2.95. The van der Waals surface area contributed by atoms with E-state index in [9.17, 15) is 9.90 Å². The van der Waals surface area contributed by atoms with Crippen LogP contribution in [0.1, 0.15) is 17.2 Å². The van der Waals surface area contributed by atoms with Gasteiger partial charge < -0.3 is 20.3 Å². The number of nitrogen functional groups attached to an aromatic ring is 1. The number of anilines is 2. The summed E-state index contributed by atoms with van der Waals surface area (Å²) in [6, 6.07) is 12.1. The van der Waals surface area contributed by atoms with Gasteiger partial charge in [-0.05, 0) is 24.1 Å². The molecule has 0 radical (unpaired) electrons. The van der Waals surface area contributed by atoms with E-state index in [1.165, 1.54) is 11.2 Å². The number of aromatic nitrogens is 3. The van der Waals surface area contributed by atoms with Crippen molar-refractivity contribution in [2.75, 3.05) is 17.2 Å². The number of aliphatic hydroxyl groups is 1. The first kappa shape index (κ1) is 19.2. The van der Waals surface area contributed by atoms with Crippen molar-refractivity contribution in [2.45, 2.75) is 12.5 Å². The van der Waals surface area contributed by atoms with Gasteiger partial charge in [0.15, 0.2) is 6.10 Å². The number of nitrogens with zero attached hydrogens (tertiary/aromatic N) is 4. The van der Waals surface area contributed by atoms with Crippen molar-refractivity contribution in [1.29, 1.82) is 0 Å². The SMILES string of the molecule is Cn1cc(-c2ccc3c(c2F)CCN3C(=O)C(O)c2ccccc2)c2c(N)ncnc21. The molecule has 0 spiro atoms. The molecule has 3 N–H and O–H groups in total. The van der Waals surface area contributed by atoms with Gasteiger partial charge in [-0.2, -0.15) is 0 Å². The van der Waals surface area contributed by atoms with Crippen molar-refractivity contribution in [3.05, 3.63) is 71.9 Å². The molecule has 1 atom stereocenters. The van der Waals surface area contributed by atoms with Crippen LogP contribution in [-0.2, 0) is 18.3 Å². The summed E-state index contributed by atoms with van der Waals surface area (Å²) in [5, 5.41) is 11.1. The summed E-state index contributed by atoms with van der Waals surface area (Å²) in [5.74, 6) is -0.596. The molecule has 4 aromatic rings. The zero-order valence-corrected chi connectivity index (χ0v) is 16.8. The van der Waals surface area contributed by atoms with Gasteiger partial charge in [0.25, 0.3) is 5.91 Å². The number of nitrogens with two attached hydrogens (primary N) is 1. The predicted octanol–water partition coefficient (Wildman–Crippen LogP) is 2.98. The second kappa shape index (κ2) is 7.17. The summed E-state index contributed by atoms with van der Waals surface area (Å²) in [5.41, 5.74) is 9.07. The third-order valence-electron chi connectivity index (χ3n) is 5.78. The lowest BCUT2D eigenvalue weighted by Crippen LogP contribution is -2.33. The smallest absolute Gasteiger partial charge is 0.260 e. The van der Waals surface area contributed by atoms with Crippen molar-refractivity contribution in [3.63, 3.8) is 0 Å². The lowest BCUT2D eigenvalue weighted by Gasteiger charge is -2.21. The van der Waals surface area contributed by atoms with E-state index in [1.54, 1.807) is 47.2 Å². The number of aliphatic hydroxyl groups excluding tert-OH is 1. The Morgan fingerprint density at radius 3 is 2.71 bits per heavy atom. The molecule has 0 saturated heterocycles. The van der Waals surface area contributed by atoms with E-state index in [-0.39, 0.29) is 5.82 Å². The van der Waals surface area contributed by atoms with Crippen molar-refractivity contribution < 1.29 is 14.3 Å². The molecule has 8 heteroatoms. The van der Waals surface area contributed by atoms with Gasteiger partial charge in [-0.15, -0.1) is 0 Å². The Morgan fingerprint density at radius 1 is 1.16 bits per heavy atom. The molecule has 1 unspecified atom stereocenters. The Labute approximate surface area is 177 Å². The minimum absolute atomic E-state index is 0.281. The van der Waals surface area contributed by atoms with Gasteiger partial charge in [0.05, 0.1) is 5.39 Å². The summed E-state index contributed by atoms with van der Waals surface area (Å²) < 4.78 is 17.4. The minimum atomic E-state index is -1.30. The van der Waals surface area contributed by atoms with E-state index in [0.29, 0.717) is 51.9 Å². The van der Waals surface area contributed by atoms with Gasteiger partial charge in [0, 0.05) is 42.2 Å². The van der Waals surface area contributed by atoms with Crippen molar-refractivity contribution in [1.82, 2.24) is 14.5 Å². The van der Waals surface area contributed by atoms with Crippen LogP contribution >= 0.6 is 0 Å². The fourth-order valence-corrected chi connectivity index (χ4v) is 4.25. The lowest BCUT2D eigenvalue weighted by molar-refractivity contribution is -0.126. The van der Waals surface area contributed by atoms with Gasteiger partial charge >= 0.3 is 0 Å². The second-order valence-electron chi connectivity index (χ2n) is 7.59. The van der Waals surface area contributed by atoms with Crippen LogP contribution in [0.15, 0.2) is 55.0 Å². The molecule has 7 nitrogen and oxygen atoms in total. The molecular formula is C23H20FN5O2. The number of carbonyl (C=O) groups is 1. The quantitative estimate of drug-likeness (QED) is 0.534. The van der Waals surface area contributed by atoms with Crippen LogP contribution in [0.5, 0.6) is 0 Å². The lowest BCUT2D eigenvalue weighted by atomic mass is 10.0. The molecular weight excluding hydrogens is 397 g/mol. The molecule has 2 aromatic heterocycles. The maximum absolute atomic E-state index is 15.6. The van der Waals surface area contributed by atoms with Crippen LogP contribution in [0, 0.1) is 5.82 Å². The summed E-state index contributed by atoms with van der Waals surface area (Å²) >= 11 is 0. The van der Waals surface area contributed by atoms with Gasteiger partial charge in [-0.25, -0.2) is 14.4 Å². The maximum Gasteiger partial charge on any atom is 0.260 e. The number of aryl methyl sites for hydroxylation is 1. The van der Waals surface area contributed by atoms with E-state index >= 15 is 4.39 Å². The van der Waals surface area contributed by atoms with E-state index in [4.69, 9.17) is 5.73 Å². The molecule has 5 rings (SSSR count). The molecule has 31 heavy (non-hydrogen) atoms. The van der Waals surface area contributed by atoms with Crippen molar-refractivity contribution >= 4 is 28.4 Å². The van der Waals surface area contributed by atoms with Crippen LogP contribution in [0.2, 0.25) is 0 Å². The molecule has 1 aliphatic heterocycles. The Kier molecular flexibility index (Phi) is 4.44. The number of hydrogen-bond donors (Lipinski definition) is 2. The van der Waals surface area contributed by atoms with Gasteiger partial charge in [0.1, 0.15) is 23.6 Å². The molecule has 0 saturated carbocycles. The van der Waals surface area contributed by atoms with Gasteiger partial charge in [0.2, 0.25) is 0 Å². The molecule has 1 aliphatic rings. The van der Waals surface area contributed by atoms with Crippen LogP contribution in [0.3, 0.4) is 0 Å². The molecule has 0 bridgehead atoms. The largest absolute Gasteiger partial charge is 0.383 e.